The van der Waals surface area contributed by atoms with Gasteiger partial charge in [-0.2, -0.15) is 0 Å². The molecule has 0 unspecified atom stereocenters. The maximum Gasteiger partial charge on any atom is 0.252 e. The number of aromatic nitrogens is 2. The second-order valence-electron chi connectivity index (χ2n) is 4.14. The summed E-state index contributed by atoms with van der Waals surface area (Å²) in [5.74, 6) is 0.802. The van der Waals surface area contributed by atoms with E-state index in [-0.39, 0.29) is 0 Å². The highest BCUT2D eigenvalue weighted by atomic mass is 16.5. The highest BCUT2D eigenvalue weighted by Gasteiger charge is 2.09. The van der Waals surface area contributed by atoms with Crippen molar-refractivity contribution in [1.82, 2.24) is 9.55 Å². The average Bonchev–Trinajstić information content (AvgIpc) is 2.77. The summed E-state index contributed by atoms with van der Waals surface area (Å²) in [4.78, 5) is 15.4. The smallest absolute Gasteiger partial charge is 0.252 e. The number of carbonyl (C=O) groups excluding carboxylic acids is 1. The molecule has 1 aromatic heterocycles. The van der Waals surface area contributed by atoms with Gasteiger partial charge >= 0.3 is 0 Å². The van der Waals surface area contributed by atoms with Crippen molar-refractivity contribution in [2.75, 3.05) is 12.3 Å². The molecular weight excluding hydrogens is 244 g/mol. The van der Waals surface area contributed by atoms with Crippen molar-refractivity contribution >= 4 is 11.6 Å². The first-order valence-electron chi connectivity index (χ1n) is 5.88. The predicted octanol–water partition coefficient (Wildman–Crippen LogP) is 0.952. The summed E-state index contributed by atoms with van der Waals surface area (Å²) in [5.41, 5.74) is 11.7. The molecule has 100 valence electrons. The number of nitrogen functional groups attached to an aromatic ring is 1. The van der Waals surface area contributed by atoms with Gasteiger partial charge in [0.15, 0.2) is 0 Å². The number of hydrogen-bond donors (Lipinski definition) is 2. The van der Waals surface area contributed by atoms with Crippen molar-refractivity contribution in [2.45, 2.75) is 13.5 Å². The second kappa shape index (κ2) is 5.43. The Morgan fingerprint density at radius 3 is 2.89 bits per heavy atom. The summed E-state index contributed by atoms with van der Waals surface area (Å²) < 4.78 is 7.54. The van der Waals surface area contributed by atoms with Gasteiger partial charge in [-0.15, -0.1) is 0 Å². The third-order valence-electron chi connectivity index (χ3n) is 2.78. The minimum atomic E-state index is -0.555. The molecule has 0 aliphatic rings. The van der Waals surface area contributed by atoms with Crippen LogP contribution in [0.3, 0.4) is 0 Å². The lowest BCUT2D eigenvalue weighted by Gasteiger charge is -2.11. The van der Waals surface area contributed by atoms with Gasteiger partial charge in [-0.05, 0) is 25.1 Å². The van der Waals surface area contributed by atoms with Gasteiger partial charge in [0.1, 0.15) is 18.2 Å². The van der Waals surface area contributed by atoms with Crippen LogP contribution in [-0.2, 0) is 6.54 Å². The van der Waals surface area contributed by atoms with Crippen LogP contribution < -0.4 is 16.2 Å². The van der Waals surface area contributed by atoms with Crippen LogP contribution in [0.1, 0.15) is 16.2 Å². The topological polar surface area (TPSA) is 96.2 Å². The molecule has 2 rings (SSSR count). The van der Waals surface area contributed by atoms with E-state index in [0.717, 1.165) is 5.82 Å². The van der Waals surface area contributed by atoms with Gasteiger partial charge < -0.3 is 20.8 Å². The Kier molecular flexibility index (Phi) is 3.70. The molecule has 19 heavy (non-hydrogen) atoms. The fraction of sp³-hybridized carbons (Fsp3) is 0.231. The Hall–Kier alpha value is -2.50. The number of rotatable bonds is 5. The third-order valence-corrected chi connectivity index (χ3v) is 2.78. The first-order chi connectivity index (χ1) is 9.08. The van der Waals surface area contributed by atoms with Crippen molar-refractivity contribution < 1.29 is 9.53 Å². The first-order valence-corrected chi connectivity index (χ1v) is 5.88. The molecule has 0 saturated carbocycles. The summed E-state index contributed by atoms with van der Waals surface area (Å²) in [6.07, 6.45) is 3.60. The van der Waals surface area contributed by atoms with E-state index in [0.29, 0.717) is 30.2 Å². The van der Waals surface area contributed by atoms with Crippen LogP contribution in [0, 0.1) is 6.92 Å². The van der Waals surface area contributed by atoms with Gasteiger partial charge in [0, 0.05) is 18.1 Å². The fourth-order valence-electron chi connectivity index (χ4n) is 1.76. The van der Waals surface area contributed by atoms with Crippen molar-refractivity contribution in [3.05, 3.63) is 42.0 Å². The van der Waals surface area contributed by atoms with Gasteiger partial charge in [0.05, 0.1) is 12.1 Å². The maximum atomic E-state index is 11.3. The summed E-state index contributed by atoms with van der Waals surface area (Å²) in [6.45, 7) is 2.98. The molecule has 1 aromatic carbocycles. The summed E-state index contributed by atoms with van der Waals surface area (Å²) in [7, 11) is 0. The Bertz CT molecular complexity index is 592. The zero-order valence-corrected chi connectivity index (χ0v) is 10.7. The van der Waals surface area contributed by atoms with E-state index in [9.17, 15) is 4.79 Å². The van der Waals surface area contributed by atoms with Crippen molar-refractivity contribution in [1.29, 1.82) is 0 Å². The van der Waals surface area contributed by atoms with E-state index in [1.165, 1.54) is 6.07 Å². The van der Waals surface area contributed by atoms with Crippen LogP contribution in [0.5, 0.6) is 5.75 Å². The SMILES string of the molecule is Cc1nccn1CCOc1ccc(N)cc1C(N)=O. The van der Waals surface area contributed by atoms with Gasteiger partial charge in [-0.3, -0.25) is 4.79 Å². The molecule has 0 bridgehead atoms. The van der Waals surface area contributed by atoms with Crippen LogP contribution in [0.25, 0.3) is 0 Å². The van der Waals surface area contributed by atoms with E-state index in [1.54, 1.807) is 18.3 Å². The zero-order valence-electron chi connectivity index (χ0n) is 10.7. The normalized spacial score (nSPS) is 10.4. The molecule has 0 aliphatic heterocycles. The van der Waals surface area contributed by atoms with Crippen LogP contribution in [0.2, 0.25) is 0 Å². The summed E-state index contributed by atoms with van der Waals surface area (Å²) in [6, 6.07) is 4.83. The Balaban J connectivity index is 2.03. The van der Waals surface area contributed by atoms with Crippen molar-refractivity contribution in [3.63, 3.8) is 0 Å². The van der Waals surface area contributed by atoms with Gasteiger partial charge in [-0.25, -0.2) is 4.98 Å². The number of nitrogens with two attached hydrogens (primary N) is 2. The number of benzene rings is 1. The number of ether oxygens (including phenoxy) is 1. The third kappa shape index (κ3) is 3.04. The lowest BCUT2D eigenvalue weighted by molar-refractivity contribution is 0.0996. The molecule has 2 aromatic rings. The number of amides is 1. The molecule has 0 atom stereocenters. The first kappa shape index (κ1) is 12.9. The number of carbonyl (C=O) groups is 1. The maximum absolute atomic E-state index is 11.3. The minimum absolute atomic E-state index is 0.294. The van der Waals surface area contributed by atoms with Crippen LogP contribution >= 0.6 is 0 Å². The molecule has 4 N–H and O–H groups in total. The molecule has 1 heterocycles. The van der Waals surface area contributed by atoms with E-state index < -0.39 is 5.91 Å². The summed E-state index contributed by atoms with van der Waals surface area (Å²) in [5, 5.41) is 0. The van der Waals surface area contributed by atoms with Crippen LogP contribution in [-0.4, -0.2) is 22.1 Å². The number of anilines is 1. The highest BCUT2D eigenvalue weighted by molar-refractivity contribution is 5.96. The fourth-order valence-corrected chi connectivity index (χ4v) is 1.76. The lowest BCUT2D eigenvalue weighted by atomic mass is 10.1. The number of hydrogen-bond acceptors (Lipinski definition) is 4. The van der Waals surface area contributed by atoms with Crippen molar-refractivity contribution in [2.24, 2.45) is 5.73 Å². The second-order valence-corrected chi connectivity index (χ2v) is 4.14. The molecule has 0 saturated heterocycles. The average molecular weight is 260 g/mol. The standard InChI is InChI=1S/C13H16N4O2/c1-9-16-4-5-17(9)6-7-19-12-3-2-10(14)8-11(12)13(15)18/h2-5,8H,6-7,14H2,1H3,(H2,15,18). The number of nitrogens with zero attached hydrogens (tertiary/aromatic N) is 2. The Morgan fingerprint density at radius 2 is 2.26 bits per heavy atom. The molecule has 1 amide bonds. The Morgan fingerprint density at radius 1 is 1.47 bits per heavy atom. The zero-order chi connectivity index (χ0) is 13.8. The largest absolute Gasteiger partial charge is 0.491 e. The van der Waals surface area contributed by atoms with Gasteiger partial charge in [-0.1, -0.05) is 0 Å². The van der Waals surface area contributed by atoms with E-state index in [1.807, 2.05) is 17.7 Å². The van der Waals surface area contributed by atoms with Gasteiger partial charge in [0.2, 0.25) is 0 Å². The molecule has 0 aliphatic carbocycles. The van der Waals surface area contributed by atoms with Gasteiger partial charge in [0.25, 0.3) is 5.91 Å². The number of imidazole rings is 1. The molecule has 0 spiro atoms. The highest BCUT2D eigenvalue weighted by Crippen LogP contribution is 2.20. The quantitative estimate of drug-likeness (QED) is 0.782. The molecule has 6 nitrogen and oxygen atoms in total. The molecule has 0 radical (unpaired) electrons. The number of primary amides is 1. The lowest BCUT2D eigenvalue weighted by Crippen LogP contribution is -2.15. The minimum Gasteiger partial charge on any atom is -0.491 e. The van der Waals surface area contributed by atoms with Crippen molar-refractivity contribution in [3.8, 4) is 5.75 Å². The molecule has 0 fully saturated rings. The van der Waals surface area contributed by atoms with Crippen LogP contribution in [0.4, 0.5) is 5.69 Å². The predicted molar refractivity (Wildman–Crippen MR) is 71.8 cm³/mol. The monoisotopic (exact) mass is 260 g/mol. The van der Waals surface area contributed by atoms with Crippen LogP contribution in [0.15, 0.2) is 30.6 Å². The summed E-state index contributed by atoms with van der Waals surface area (Å²) >= 11 is 0. The number of aryl methyl sites for hydroxylation is 1. The molecule has 6 heteroatoms. The van der Waals surface area contributed by atoms with E-state index >= 15 is 0 Å². The molecular formula is C13H16N4O2. The van der Waals surface area contributed by atoms with E-state index in [4.69, 9.17) is 16.2 Å². The Labute approximate surface area is 111 Å². The van der Waals surface area contributed by atoms with E-state index in [2.05, 4.69) is 4.98 Å².